The Bertz CT molecular complexity index is 722. The normalized spacial score (nSPS) is 10.2. The second-order valence-electron chi connectivity index (χ2n) is 4.79. The SMILES string of the molecule is COc1ccc(C)cc1C(=O)c1cc([N+](=O)[O-])ccc1C. The van der Waals surface area contributed by atoms with Crippen molar-refractivity contribution in [2.45, 2.75) is 13.8 Å². The van der Waals surface area contributed by atoms with Crippen LogP contribution in [0.15, 0.2) is 36.4 Å². The van der Waals surface area contributed by atoms with Crippen LogP contribution in [0.3, 0.4) is 0 Å². The van der Waals surface area contributed by atoms with E-state index in [0.717, 1.165) is 5.56 Å². The van der Waals surface area contributed by atoms with Crippen molar-refractivity contribution < 1.29 is 14.5 Å². The number of ether oxygens (including phenoxy) is 1. The fraction of sp³-hybridized carbons (Fsp3) is 0.188. The number of benzene rings is 2. The number of hydrogen-bond acceptors (Lipinski definition) is 4. The molecule has 0 heterocycles. The molecule has 0 bridgehead atoms. The molecule has 21 heavy (non-hydrogen) atoms. The van der Waals surface area contributed by atoms with Crippen LogP contribution in [0.4, 0.5) is 5.69 Å². The highest BCUT2D eigenvalue weighted by molar-refractivity contribution is 6.12. The van der Waals surface area contributed by atoms with Crippen LogP contribution in [0, 0.1) is 24.0 Å². The molecule has 0 aliphatic carbocycles. The summed E-state index contributed by atoms with van der Waals surface area (Å²) < 4.78 is 5.21. The van der Waals surface area contributed by atoms with Crippen molar-refractivity contribution >= 4 is 11.5 Å². The topological polar surface area (TPSA) is 69.4 Å². The van der Waals surface area contributed by atoms with Gasteiger partial charge >= 0.3 is 0 Å². The summed E-state index contributed by atoms with van der Waals surface area (Å²) in [6.45, 7) is 3.62. The van der Waals surface area contributed by atoms with Crippen molar-refractivity contribution in [1.82, 2.24) is 0 Å². The number of methoxy groups -OCH3 is 1. The third-order valence-electron chi connectivity index (χ3n) is 3.28. The van der Waals surface area contributed by atoms with E-state index < -0.39 is 4.92 Å². The molecule has 0 amide bonds. The van der Waals surface area contributed by atoms with Gasteiger partial charge < -0.3 is 4.74 Å². The maximum Gasteiger partial charge on any atom is 0.270 e. The number of nitro groups is 1. The summed E-state index contributed by atoms with van der Waals surface area (Å²) in [5.41, 5.74) is 2.22. The first kappa shape index (κ1) is 14.7. The Morgan fingerprint density at radius 2 is 1.81 bits per heavy atom. The minimum absolute atomic E-state index is 0.101. The van der Waals surface area contributed by atoms with Gasteiger partial charge in [-0.2, -0.15) is 0 Å². The molecule has 0 radical (unpaired) electrons. The Labute approximate surface area is 122 Å². The third kappa shape index (κ3) is 2.91. The lowest BCUT2D eigenvalue weighted by Gasteiger charge is -2.10. The van der Waals surface area contributed by atoms with Crippen LogP contribution in [0.1, 0.15) is 27.0 Å². The van der Waals surface area contributed by atoms with E-state index in [2.05, 4.69) is 0 Å². The molecule has 0 N–H and O–H groups in total. The number of carbonyl (C=O) groups excluding carboxylic acids is 1. The lowest BCUT2D eigenvalue weighted by molar-refractivity contribution is -0.384. The molecule has 0 spiro atoms. The summed E-state index contributed by atoms with van der Waals surface area (Å²) in [5.74, 6) is 0.174. The Balaban J connectivity index is 2.57. The van der Waals surface area contributed by atoms with Crippen molar-refractivity contribution in [2.75, 3.05) is 7.11 Å². The van der Waals surface area contributed by atoms with E-state index in [0.29, 0.717) is 22.4 Å². The predicted molar refractivity (Wildman–Crippen MR) is 79.0 cm³/mol. The summed E-state index contributed by atoms with van der Waals surface area (Å²) >= 11 is 0. The number of nitrogens with zero attached hydrogens (tertiary/aromatic N) is 1. The summed E-state index contributed by atoms with van der Waals surface area (Å²) in [6.07, 6.45) is 0. The fourth-order valence-electron chi connectivity index (χ4n) is 2.11. The second-order valence-corrected chi connectivity index (χ2v) is 4.79. The Morgan fingerprint density at radius 1 is 1.10 bits per heavy atom. The maximum atomic E-state index is 12.7. The summed E-state index contributed by atoms with van der Waals surface area (Å²) in [7, 11) is 1.49. The molecule has 0 unspecified atom stereocenters. The van der Waals surface area contributed by atoms with Gasteiger partial charge in [-0.05, 0) is 31.5 Å². The molecule has 2 aromatic rings. The molecule has 5 nitrogen and oxygen atoms in total. The monoisotopic (exact) mass is 285 g/mol. The molecule has 5 heteroatoms. The van der Waals surface area contributed by atoms with Crippen LogP contribution in [-0.4, -0.2) is 17.8 Å². The first-order valence-electron chi connectivity index (χ1n) is 6.38. The van der Waals surface area contributed by atoms with E-state index in [-0.39, 0.29) is 11.5 Å². The summed E-state index contributed by atoms with van der Waals surface area (Å²) in [6, 6.07) is 9.55. The standard InChI is InChI=1S/C16H15NO4/c1-10-4-7-15(21-3)14(8-10)16(18)13-9-12(17(19)20)6-5-11(13)2/h4-9H,1-3H3. The Kier molecular flexibility index (Phi) is 4.03. The molecular formula is C16H15NO4. The molecule has 0 aliphatic rings. The zero-order valence-corrected chi connectivity index (χ0v) is 12.0. The van der Waals surface area contributed by atoms with Gasteiger partial charge in [0.05, 0.1) is 17.6 Å². The summed E-state index contributed by atoms with van der Waals surface area (Å²) in [5, 5.41) is 10.9. The number of ketones is 1. The Morgan fingerprint density at radius 3 is 2.43 bits per heavy atom. The van der Waals surface area contributed by atoms with Crippen LogP contribution in [0.5, 0.6) is 5.75 Å². The molecule has 2 aromatic carbocycles. The average molecular weight is 285 g/mol. The largest absolute Gasteiger partial charge is 0.496 e. The minimum atomic E-state index is -0.510. The van der Waals surface area contributed by atoms with E-state index >= 15 is 0 Å². The van der Waals surface area contributed by atoms with Gasteiger partial charge in [-0.1, -0.05) is 17.7 Å². The molecule has 0 atom stereocenters. The molecule has 2 rings (SSSR count). The van der Waals surface area contributed by atoms with E-state index in [1.807, 2.05) is 13.0 Å². The molecule has 0 aliphatic heterocycles. The number of nitro benzene ring substituents is 1. The minimum Gasteiger partial charge on any atom is -0.496 e. The molecule has 108 valence electrons. The van der Waals surface area contributed by atoms with Crippen molar-refractivity contribution in [3.05, 3.63) is 68.8 Å². The first-order chi connectivity index (χ1) is 9.93. The molecule has 0 fully saturated rings. The molecule has 0 saturated heterocycles. The van der Waals surface area contributed by atoms with Crippen LogP contribution in [0.2, 0.25) is 0 Å². The van der Waals surface area contributed by atoms with Crippen LogP contribution < -0.4 is 4.74 Å². The van der Waals surface area contributed by atoms with E-state index in [9.17, 15) is 14.9 Å². The van der Waals surface area contributed by atoms with E-state index in [1.165, 1.54) is 19.2 Å². The van der Waals surface area contributed by atoms with Gasteiger partial charge in [0.2, 0.25) is 0 Å². The van der Waals surface area contributed by atoms with Gasteiger partial charge in [0, 0.05) is 17.7 Å². The highest BCUT2D eigenvalue weighted by atomic mass is 16.6. The van der Waals surface area contributed by atoms with Crippen molar-refractivity contribution in [1.29, 1.82) is 0 Å². The van der Waals surface area contributed by atoms with Gasteiger partial charge in [-0.25, -0.2) is 0 Å². The predicted octanol–water partition coefficient (Wildman–Crippen LogP) is 3.45. The van der Waals surface area contributed by atoms with Gasteiger partial charge in [-0.3, -0.25) is 14.9 Å². The summed E-state index contributed by atoms with van der Waals surface area (Å²) in [4.78, 5) is 23.0. The highest BCUT2D eigenvalue weighted by Gasteiger charge is 2.19. The van der Waals surface area contributed by atoms with E-state index in [1.54, 1.807) is 25.1 Å². The number of hydrogen-bond donors (Lipinski definition) is 0. The number of non-ortho nitro benzene ring substituents is 1. The lowest BCUT2D eigenvalue weighted by atomic mass is 9.97. The zero-order valence-electron chi connectivity index (χ0n) is 12.0. The third-order valence-corrected chi connectivity index (χ3v) is 3.28. The lowest BCUT2D eigenvalue weighted by Crippen LogP contribution is -2.07. The highest BCUT2D eigenvalue weighted by Crippen LogP contribution is 2.26. The number of carbonyl (C=O) groups is 1. The second kappa shape index (κ2) is 5.75. The number of aryl methyl sites for hydroxylation is 2. The van der Waals surface area contributed by atoms with E-state index in [4.69, 9.17) is 4.74 Å². The van der Waals surface area contributed by atoms with Gasteiger partial charge in [0.1, 0.15) is 5.75 Å². The van der Waals surface area contributed by atoms with Gasteiger partial charge in [0.25, 0.3) is 5.69 Å². The fourth-order valence-corrected chi connectivity index (χ4v) is 2.11. The molecule has 0 saturated carbocycles. The van der Waals surface area contributed by atoms with Crippen molar-refractivity contribution in [2.24, 2.45) is 0 Å². The van der Waals surface area contributed by atoms with Crippen LogP contribution in [0.25, 0.3) is 0 Å². The number of rotatable bonds is 4. The maximum absolute atomic E-state index is 12.7. The smallest absolute Gasteiger partial charge is 0.270 e. The first-order valence-corrected chi connectivity index (χ1v) is 6.38. The molecular weight excluding hydrogens is 270 g/mol. The zero-order chi connectivity index (χ0) is 15.6. The van der Waals surface area contributed by atoms with Crippen LogP contribution >= 0.6 is 0 Å². The quantitative estimate of drug-likeness (QED) is 0.490. The van der Waals surface area contributed by atoms with Crippen molar-refractivity contribution in [3.8, 4) is 5.75 Å². The van der Waals surface area contributed by atoms with Gasteiger partial charge in [0.15, 0.2) is 5.78 Å². The average Bonchev–Trinajstić information content (AvgIpc) is 2.46. The van der Waals surface area contributed by atoms with Gasteiger partial charge in [-0.15, -0.1) is 0 Å². The van der Waals surface area contributed by atoms with Crippen LogP contribution in [-0.2, 0) is 0 Å². The van der Waals surface area contributed by atoms with Crippen molar-refractivity contribution in [3.63, 3.8) is 0 Å². The molecule has 0 aromatic heterocycles. The Hall–Kier alpha value is -2.69.